The SMILES string of the molecule is C[C@H](Sc1ccccc1)C(=O)N/N=C/c1cc([N+](=O)[O-])ccc1O. The minimum absolute atomic E-state index is 0.146. The van der Waals surface area contributed by atoms with E-state index in [1.165, 1.54) is 36.2 Å². The molecule has 2 rings (SSSR count). The van der Waals surface area contributed by atoms with Crippen LogP contribution in [0.2, 0.25) is 0 Å². The Bertz CT molecular complexity index is 765. The lowest BCUT2D eigenvalue weighted by atomic mass is 10.2. The number of benzene rings is 2. The number of phenolic OH excluding ortho intramolecular Hbond substituents is 1. The normalized spacial score (nSPS) is 12.0. The number of aromatic hydroxyl groups is 1. The Balaban J connectivity index is 1.97. The molecule has 7 nitrogen and oxygen atoms in total. The van der Waals surface area contributed by atoms with Gasteiger partial charge in [0.15, 0.2) is 0 Å². The summed E-state index contributed by atoms with van der Waals surface area (Å²) < 4.78 is 0. The molecular formula is C16H15N3O4S. The summed E-state index contributed by atoms with van der Waals surface area (Å²) in [5, 5.41) is 23.7. The maximum absolute atomic E-state index is 12.0. The number of thioether (sulfide) groups is 1. The highest BCUT2D eigenvalue weighted by Gasteiger charge is 2.13. The highest BCUT2D eigenvalue weighted by atomic mass is 32.2. The third-order valence-corrected chi connectivity index (χ3v) is 4.14. The number of hydrazone groups is 1. The zero-order valence-electron chi connectivity index (χ0n) is 12.7. The van der Waals surface area contributed by atoms with Crippen LogP contribution in [0.4, 0.5) is 5.69 Å². The molecule has 8 heteroatoms. The fraction of sp³-hybridized carbons (Fsp3) is 0.125. The number of hydrogen-bond donors (Lipinski definition) is 2. The molecule has 0 saturated heterocycles. The number of amides is 1. The molecule has 2 aromatic rings. The van der Waals surface area contributed by atoms with Gasteiger partial charge in [-0.2, -0.15) is 5.10 Å². The van der Waals surface area contributed by atoms with Crippen molar-refractivity contribution in [3.8, 4) is 5.75 Å². The Morgan fingerprint density at radius 3 is 2.71 bits per heavy atom. The van der Waals surface area contributed by atoms with E-state index in [1.54, 1.807) is 6.92 Å². The summed E-state index contributed by atoms with van der Waals surface area (Å²) in [6.07, 6.45) is 1.17. The highest BCUT2D eigenvalue weighted by Crippen LogP contribution is 2.23. The third-order valence-electron chi connectivity index (χ3n) is 3.03. The molecule has 0 radical (unpaired) electrons. The van der Waals surface area contributed by atoms with Gasteiger partial charge in [0.05, 0.1) is 16.4 Å². The second kappa shape index (κ2) is 8.11. The van der Waals surface area contributed by atoms with Crippen LogP contribution in [0.25, 0.3) is 0 Å². The maximum atomic E-state index is 12.0. The van der Waals surface area contributed by atoms with E-state index in [-0.39, 0.29) is 28.2 Å². The number of hydrogen-bond acceptors (Lipinski definition) is 6. The number of carbonyl (C=O) groups excluding carboxylic acids is 1. The van der Waals surface area contributed by atoms with E-state index < -0.39 is 4.92 Å². The number of nitro benzene ring substituents is 1. The number of rotatable bonds is 6. The van der Waals surface area contributed by atoms with E-state index in [0.29, 0.717) is 0 Å². The fourth-order valence-corrected chi connectivity index (χ4v) is 2.65. The molecule has 0 spiro atoms. The van der Waals surface area contributed by atoms with Gasteiger partial charge in [-0.15, -0.1) is 11.8 Å². The summed E-state index contributed by atoms with van der Waals surface area (Å²) in [5.74, 6) is -0.477. The number of nitro groups is 1. The summed E-state index contributed by atoms with van der Waals surface area (Å²) in [7, 11) is 0. The molecule has 0 aliphatic rings. The first kappa shape index (κ1) is 17.5. The van der Waals surface area contributed by atoms with Crippen molar-refractivity contribution in [3.05, 3.63) is 64.2 Å². The van der Waals surface area contributed by atoms with Crippen molar-refractivity contribution in [1.82, 2.24) is 5.43 Å². The van der Waals surface area contributed by atoms with Gasteiger partial charge in [-0.25, -0.2) is 5.43 Å². The zero-order valence-corrected chi connectivity index (χ0v) is 13.6. The van der Waals surface area contributed by atoms with E-state index in [1.807, 2.05) is 30.3 Å². The number of nitrogens with zero attached hydrogens (tertiary/aromatic N) is 2. The molecule has 0 aliphatic heterocycles. The quantitative estimate of drug-likeness (QED) is 0.362. The Morgan fingerprint density at radius 2 is 2.04 bits per heavy atom. The van der Waals surface area contributed by atoms with Gasteiger partial charge in [0.1, 0.15) is 5.75 Å². The van der Waals surface area contributed by atoms with Crippen LogP contribution in [-0.2, 0) is 4.79 Å². The summed E-state index contributed by atoms with van der Waals surface area (Å²) in [5.41, 5.74) is 2.33. The average molecular weight is 345 g/mol. The minimum Gasteiger partial charge on any atom is -0.507 e. The predicted molar refractivity (Wildman–Crippen MR) is 92.3 cm³/mol. The average Bonchev–Trinajstić information content (AvgIpc) is 2.57. The molecule has 1 amide bonds. The largest absolute Gasteiger partial charge is 0.507 e. The van der Waals surface area contributed by atoms with Gasteiger partial charge in [0.25, 0.3) is 11.6 Å². The van der Waals surface area contributed by atoms with Crippen molar-refractivity contribution < 1.29 is 14.8 Å². The van der Waals surface area contributed by atoms with Crippen LogP contribution >= 0.6 is 11.8 Å². The fourth-order valence-electron chi connectivity index (χ4n) is 1.77. The number of phenols is 1. The number of non-ortho nitro benzene ring substituents is 1. The monoisotopic (exact) mass is 345 g/mol. The van der Waals surface area contributed by atoms with E-state index in [4.69, 9.17) is 0 Å². The lowest BCUT2D eigenvalue weighted by Gasteiger charge is -2.09. The Kier molecular flexibility index (Phi) is 5.91. The van der Waals surface area contributed by atoms with Crippen LogP contribution in [0.5, 0.6) is 5.75 Å². The molecule has 0 unspecified atom stereocenters. The Labute approximate surface area is 142 Å². The lowest BCUT2D eigenvalue weighted by Crippen LogP contribution is -2.26. The molecule has 0 heterocycles. The first-order chi connectivity index (χ1) is 11.5. The second-order valence-corrected chi connectivity index (χ2v) is 6.22. The zero-order chi connectivity index (χ0) is 17.5. The molecule has 0 aromatic heterocycles. The van der Waals surface area contributed by atoms with Crippen molar-refractivity contribution in [2.75, 3.05) is 0 Å². The highest BCUT2D eigenvalue weighted by molar-refractivity contribution is 8.00. The van der Waals surface area contributed by atoms with E-state index in [9.17, 15) is 20.0 Å². The second-order valence-electron chi connectivity index (χ2n) is 4.81. The molecule has 0 saturated carbocycles. The molecule has 24 heavy (non-hydrogen) atoms. The molecule has 2 N–H and O–H groups in total. The summed E-state index contributed by atoms with van der Waals surface area (Å²) >= 11 is 1.38. The smallest absolute Gasteiger partial charge is 0.270 e. The molecular weight excluding hydrogens is 330 g/mol. The molecule has 0 fully saturated rings. The van der Waals surface area contributed by atoms with Crippen molar-refractivity contribution in [2.45, 2.75) is 17.1 Å². The van der Waals surface area contributed by atoms with E-state index in [0.717, 1.165) is 4.90 Å². The first-order valence-electron chi connectivity index (χ1n) is 6.99. The van der Waals surface area contributed by atoms with Crippen LogP contribution in [0.1, 0.15) is 12.5 Å². The number of carbonyl (C=O) groups is 1. The molecule has 0 bridgehead atoms. The summed E-state index contributed by atoms with van der Waals surface area (Å²) in [6, 6.07) is 13.0. The summed E-state index contributed by atoms with van der Waals surface area (Å²) in [6.45, 7) is 1.74. The maximum Gasteiger partial charge on any atom is 0.270 e. The van der Waals surface area contributed by atoms with Gasteiger partial charge in [-0.05, 0) is 25.1 Å². The van der Waals surface area contributed by atoms with Gasteiger partial charge in [0.2, 0.25) is 0 Å². The first-order valence-corrected chi connectivity index (χ1v) is 7.87. The predicted octanol–water partition coefficient (Wildman–Crippen LogP) is 2.93. The standard InChI is InChI=1S/C16H15N3O4S/c1-11(24-14-5-3-2-4-6-14)16(21)18-17-10-12-9-13(19(22)23)7-8-15(12)20/h2-11,20H,1H3,(H,18,21)/b17-10+/t11-/m0/s1. The van der Waals surface area contributed by atoms with Crippen molar-refractivity contribution in [3.63, 3.8) is 0 Å². The molecule has 1 atom stereocenters. The van der Waals surface area contributed by atoms with Crippen LogP contribution in [0, 0.1) is 10.1 Å². The molecule has 2 aromatic carbocycles. The van der Waals surface area contributed by atoms with Crippen molar-refractivity contribution >= 4 is 29.6 Å². The molecule has 0 aliphatic carbocycles. The minimum atomic E-state index is -0.575. The number of nitrogens with one attached hydrogen (secondary N) is 1. The summed E-state index contributed by atoms with van der Waals surface area (Å²) in [4.78, 5) is 23.1. The van der Waals surface area contributed by atoms with Crippen LogP contribution in [-0.4, -0.2) is 27.4 Å². The lowest BCUT2D eigenvalue weighted by molar-refractivity contribution is -0.384. The van der Waals surface area contributed by atoms with Gasteiger partial charge < -0.3 is 5.11 Å². The van der Waals surface area contributed by atoms with Crippen LogP contribution < -0.4 is 5.43 Å². The topological polar surface area (TPSA) is 105 Å². The molecule has 124 valence electrons. The Hall–Kier alpha value is -2.87. The van der Waals surface area contributed by atoms with E-state index >= 15 is 0 Å². The van der Waals surface area contributed by atoms with Gasteiger partial charge in [-0.3, -0.25) is 14.9 Å². The van der Waals surface area contributed by atoms with E-state index in [2.05, 4.69) is 10.5 Å². The van der Waals surface area contributed by atoms with Crippen LogP contribution in [0.15, 0.2) is 58.5 Å². The van der Waals surface area contributed by atoms with Crippen LogP contribution in [0.3, 0.4) is 0 Å². The van der Waals surface area contributed by atoms with Gasteiger partial charge in [-0.1, -0.05) is 18.2 Å². The van der Waals surface area contributed by atoms with Crippen molar-refractivity contribution in [2.24, 2.45) is 5.10 Å². The Morgan fingerprint density at radius 1 is 1.33 bits per heavy atom. The van der Waals surface area contributed by atoms with Gasteiger partial charge in [0, 0.05) is 22.6 Å². The van der Waals surface area contributed by atoms with Gasteiger partial charge >= 0.3 is 0 Å². The van der Waals surface area contributed by atoms with Crippen molar-refractivity contribution in [1.29, 1.82) is 0 Å². The third kappa shape index (κ3) is 4.82.